The summed E-state index contributed by atoms with van der Waals surface area (Å²) in [6.45, 7) is 3.54. The van der Waals surface area contributed by atoms with Gasteiger partial charge in [-0.3, -0.25) is 4.79 Å². The molecule has 1 N–H and O–H groups in total. The molecule has 0 fully saturated rings. The maximum absolute atomic E-state index is 12.0. The molecule has 1 amide bonds. The summed E-state index contributed by atoms with van der Waals surface area (Å²) in [5, 5.41) is 11.5. The number of furan rings is 1. The third-order valence-electron chi connectivity index (χ3n) is 2.54. The molecule has 1 aromatic carbocycles. The molecule has 90 valence electrons. The largest absolute Gasteiger partial charge is 0.466 e. The van der Waals surface area contributed by atoms with Crippen LogP contribution < -0.4 is 5.32 Å². The average molecular weight is 240 g/mol. The Morgan fingerprint density at radius 3 is 2.72 bits per heavy atom. The first-order valence-corrected chi connectivity index (χ1v) is 5.48. The van der Waals surface area contributed by atoms with Gasteiger partial charge in [-0.15, -0.1) is 0 Å². The predicted molar refractivity (Wildman–Crippen MR) is 67.3 cm³/mol. The van der Waals surface area contributed by atoms with Gasteiger partial charge in [-0.1, -0.05) is 6.07 Å². The second kappa shape index (κ2) is 4.76. The predicted octanol–water partition coefficient (Wildman–Crippen LogP) is 3.02. The second-order valence-electron chi connectivity index (χ2n) is 3.97. The molecule has 4 nitrogen and oxygen atoms in total. The van der Waals surface area contributed by atoms with Crippen LogP contribution in [0.2, 0.25) is 0 Å². The number of anilines is 1. The van der Waals surface area contributed by atoms with Crippen molar-refractivity contribution in [2.45, 2.75) is 13.8 Å². The van der Waals surface area contributed by atoms with Crippen molar-refractivity contribution >= 4 is 11.6 Å². The lowest BCUT2D eigenvalue weighted by Crippen LogP contribution is -2.12. The summed E-state index contributed by atoms with van der Waals surface area (Å²) in [5.41, 5.74) is 1.61. The topological polar surface area (TPSA) is 66.0 Å². The fourth-order valence-corrected chi connectivity index (χ4v) is 1.72. The van der Waals surface area contributed by atoms with Crippen molar-refractivity contribution in [3.8, 4) is 6.07 Å². The number of nitriles is 1. The zero-order valence-electron chi connectivity index (χ0n) is 10.2. The summed E-state index contributed by atoms with van der Waals surface area (Å²) in [6.07, 6.45) is 0. The van der Waals surface area contributed by atoms with Crippen molar-refractivity contribution in [3.05, 3.63) is 53.0 Å². The monoisotopic (exact) mass is 240 g/mol. The Morgan fingerprint density at radius 2 is 2.11 bits per heavy atom. The standard InChI is InChI=1S/C14H12N2O2/c1-9-6-13(10(2)18-9)14(17)16-12-5-3-4-11(7-12)8-15/h3-7H,1-2H3,(H,16,17). The van der Waals surface area contributed by atoms with Gasteiger partial charge in [0.2, 0.25) is 0 Å². The van der Waals surface area contributed by atoms with Gasteiger partial charge in [0.15, 0.2) is 0 Å². The third kappa shape index (κ3) is 2.41. The molecule has 2 aromatic rings. The van der Waals surface area contributed by atoms with E-state index in [4.69, 9.17) is 9.68 Å². The number of carbonyl (C=O) groups excluding carboxylic acids is 1. The second-order valence-corrected chi connectivity index (χ2v) is 3.97. The summed E-state index contributed by atoms with van der Waals surface area (Å²) in [4.78, 5) is 12.0. The van der Waals surface area contributed by atoms with E-state index < -0.39 is 0 Å². The lowest BCUT2D eigenvalue weighted by molar-refractivity contribution is 0.102. The van der Waals surface area contributed by atoms with E-state index in [9.17, 15) is 4.79 Å². The summed E-state index contributed by atoms with van der Waals surface area (Å²) >= 11 is 0. The molecular weight excluding hydrogens is 228 g/mol. The number of nitrogens with zero attached hydrogens (tertiary/aromatic N) is 1. The van der Waals surface area contributed by atoms with Crippen LogP contribution in [0.1, 0.15) is 27.4 Å². The minimum Gasteiger partial charge on any atom is -0.466 e. The SMILES string of the molecule is Cc1cc(C(=O)Nc2cccc(C#N)c2)c(C)o1. The van der Waals surface area contributed by atoms with Gasteiger partial charge in [0, 0.05) is 5.69 Å². The number of amides is 1. The maximum Gasteiger partial charge on any atom is 0.259 e. The van der Waals surface area contributed by atoms with Crippen LogP contribution in [-0.2, 0) is 0 Å². The molecule has 1 heterocycles. The molecule has 0 bridgehead atoms. The first kappa shape index (κ1) is 11.9. The van der Waals surface area contributed by atoms with Gasteiger partial charge in [-0.05, 0) is 38.1 Å². The lowest BCUT2D eigenvalue weighted by Gasteiger charge is -2.04. The maximum atomic E-state index is 12.0. The molecule has 0 aliphatic heterocycles. The van der Waals surface area contributed by atoms with Crippen LogP contribution in [0.25, 0.3) is 0 Å². The van der Waals surface area contributed by atoms with E-state index in [0.717, 1.165) is 0 Å². The smallest absolute Gasteiger partial charge is 0.259 e. The first-order valence-electron chi connectivity index (χ1n) is 5.48. The van der Waals surface area contributed by atoms with Crippen LogP contribution in [-0.4, -0.2) is 5.91 Å². The Morgan fingerprint density at radius 1 is 1.33 bits per heavy atom. The highest BCUT2D eigenvalue weighted by Gasteiger charge is 2.13. The van der Waals surface area contributed by atoms with E-state index in [1.807, 2.05) is 6.07 Å². The number of aryl methyl sites for hydroxylation is 2. The Balaban J connectivity index is 2.21. The van der Waals surface area contributed by atoms with Crippen LogP contribution in [0, 0.1) is 25.2 Å². The van der Waals surface area contributed by atoms with Crippen molar-refractivity contribution in [1.29, 1.82) is 5.26 Å². The molecule has 18 heavy (non-hydrogen) atoms. The van der Waals surface area contributed by atoms with E-state index in [1.165, 1.54) is 0 Å². The van der Waals surface area contributed by atoms with Gasteiger partial charge in [0.05, 0.1) is 17.2 Å². The van der Waals surface area contributed by atoms with Crippen LogP contribution in [0.4, 0.5) is 5.69 Å². The van der Waals surface area contributed by atoms with E-state index >= 15 is 0 Å². The highest BCUT2D eigenvalue weighted by Crippen LogP contribution is 2.16. The summed E-state index contributed by atoms with van der Waals surface area (Å²) in [5.74, 6) is 1.05. The molecule has 0 saturated carbocycles. The average Bonchev–Trinajstić information content (AvgIpc) is 2.69. The van der Waals surface area contributed by atoms with Gasteiger partial charge in [0.25, 0.3) is 5.91 Å². The van der Waals surface area contributed by atoms with Crippen molar-refractivity contribution < 1.29 is 9.21 Å². The molecule has 0 aliphatic carbocycles. The van der Waals surface area contributed by atoms with E-state index in [0.29, 0.717) is 28.3 Å². The minimum atomic E-state index is -0.237. The molecule has 0 spiro atoms. The molecule has 0 unspecified atom stereocenters. The van der Waals surface area contributed by atoms with Crippen LogP contribution in [0.3, 0.4) is 0 Å². The Kier molecular flexibility index (Phi) is 3.16. The molecule has 0 radical (unpaired) electrons. The number of benzene rings is 1. The molecule has 0 atom stereocenters. The fourth-order valence-electron chi connectivity index (χ4n) is 1.72. The summed E-state index contributed by atoms with van der Waals surface area (Å²) in [6, 6.07) is 10.5. The molecular formula is C14H12N2O2. The minimum absolute atomic E-state index is 0.237. The van der Waals surface area contributed by atoms with E-state index in [-0.39, 0.29) is 5.91 Å². The number of hydrogen-bond donors (Lipinski definition) is 1. The van der Waals surface area contributed by atoms with Gasteiger partial charge in [0.1, 0.15) is 11.5 Å². The van der Waals surface area contributed by atoms with Gasteiger partial charge < -0.3 is 9.73 Å². The fraction of sp³-hybridized carbons (Fsp3) is 0.143. The molecule has 1 aromatic heterocycles. The third-order valence-corrected chi connectivity index (χ3v) is 2.54. The summed E-state index contributed by atoms with van der Waals surface area (Å²) < 4.78 is 5.31. The van der Waals surface area contributed by atoms with Crippen LogP contribution >= 0.6 is 0 Å². The quantitative estimate of drug-likeness (QED) is 0.877. The lowest BCUT2D eigenvalue weighted by atomic mass is 10.2. The summed E-state index contributed by atoms with van der Waals surface area (Å²) in [7, 11) is 0. The normalized spacial score (nSPS) is 9.83. The highest BCUT2D eigenvalue weighted by atomic mass is 16.3. The molecule has 4 heteroatoms. The van der Waals surface area contributed by atoms with Gasteiger partial charge >= 0.3 is 0 Å². The number of carbonyl (C=O) groups is 1. The van der Waals surface area contributed by atoms with Crippen LogP contribution in [0.15, 0.2) is 34.7 Å². The van der Waals surface area contributed by atoms with Gasteiger partial charge in [-0.2, -0.15) is 5.26 Å². The van der Waals surface area contributed by atoms with Crippen LogP contribution in [0.5, 0.6) is 0 Å². The number of nitrogens with one attached hydrogen (secondary N) is 1. The first-order chi connectivity index (χ1) is 8.60. The van der Waals surface area contributed by atoms with Crippen molar-refractivity contribution in [2.24, 2.45) is 0 Å². The zero-order chi connectivity index (χ0) is 13.1. The van der Waals surface area contributed by atoms with Crippen molar-refractivity contribution in [2.75, 3.05) is 5.32 Å². The molecule has 0 saturated heterocycles. The Hall–Kier alpha value is -2.54. The van der Waals surface area contributed by atoms with E-state index in [2.05, 4.69) is 5.32 Å². The number of rotatable bonds is 2. The van der Waals surface area contributed by atoms with Crippen molar-refractivity contribution in [1.82, 2.24) is 0 Å². The number of hydrogen-bond acceptors (Lipinski definition) is 3. The highest BCUT2D eigenvalue weighted by molar-refractivity contribution is 6.05. The van der Waals surface area contributed by atoms with E-state index in [1.54, 1.807) is 44.2 Å². The zero-order valence-corrected chi connectivity index (χ0v) is 10.2. The van der Waals surface area contributed by atoms with Crippen molar-refractivity contribution in [3.63, 3.8) is 0 Å². The van der Waals surface area contributed by atoms with Gasteiger partial charge in [-0.25, -0.2) is 0 Å². The molecule has 0 aliphatic rings. The molecule has 2 rings (SSSR count). The Bertz CT molecular complexity index is 635. The Labute approximate surface area is 105 Å².